The van der Waals surface area contributed by atoms with Crippen LogP contribution in [0.2, 0.25) is 0 Å². The minimum Gasteiger partial charge on any atom is -0.322 e. The minimum absolute atomic E-state index is 0.0259. The lowest BCUT2D eigenvalue weighted by molar-refractivity contribution is -0.112. The summed E-state index contributed by atoms with van der Waals surface area (Å²) < 4.78 is 0. The van der Waals surface area contributed by atoms with Crippen LogP contribution in [-0.2, 0) is 4.79 Å². The van der Waals surface area contributed by atoms with E-state index in [0.29, 0.717) is 0 Å². The van der Waals surface area contributed by atoms with E-state index >= 15 is 0 Å². The molecule has 0 atom stereocenters. The zero-order chi connectivity index (χ0) is 12.2. The average molecular weight is 217 g/mol. The van der Waals surface area contributed by atoms with Gasteiger partial charge in [0.15, 0.2) is 0 Å². The largest absolute Gasteiger partial charge is 0.322 e. The molecule has 0 heterocycles. The van der Waals surface area contributed by atoms with Crippen LogP contribution in [0.15, 0.2) is 42.0 Å². The van der Waals surface area contributed by atoms with E-state index in [-0.39, 0.29) is 11.3 Å². The Kier molecular flexibility index (Phi) is 3.88. The molecule has 0 saturated carbocycles. The summed E-state index contributed by atoms with van der Waals surface area (Å²) in [6, 6.07) is 9.48. The third-order valence-electron chi connectivity index (χ3n) is 2.04. The molecular formula is C14H19NO. The Morgan fingerprint density at radius 2 is 1.75 bits per heavy atom. The van der Waals surface area contributed by atoms with E-state index < -0.39 is 0 Å². The van der Waals surface area contributed by atoms with Crippen LogP contribution in [0.25, 0.3) is 0 Å². The fourth-order valence-corrected chi connectivity index (χ4v) is 1.47. The second-order valence-electron chi connectivity index (χ2n) is 5.01. The van der Waals surface area contributed by atoms with Gasteiger partial charge in [-0.25, -0.2) is 0 Å². The van der Waals surface area contributed by atoms with Gasteiger partial charge in [-0.15, -0.1) is 0 Å². The number of allylic oxidation sites excluding steroid dienone is 1. The van der Waals surface area contributed by atoms with Crippen LogP contribution >= 0.6 is 0 Å². The molecule has 2 nitrogen and oxygen atoms in total. The second kappa shape index (κ2) is 4.97. The van der Waals surface area contributed by atoms with Crippen molar-refractivity contribution in [1.29, 1.82) is 0 Å². The van der Waals surface area contributed by atoms with Crippen molar-refractivity contribution in [3.63, 3.8) is 0 Å². The van der Waals surface area contributed by atoms with Crippen LogP contribution in [0.3, 0.4) is 0 Å². The maximum Gasteiger partial charge on any atom is 0.250 e. The number of nitrogens with one attached hydrogen (secondary N) is 1. The van der Waals surface area contributed by atoms with Crippen molar-refractivity contribution in [3.05, 3.63) is 42.0 Å². The summed E-state index contributed by atoms with van der Waals surface area (Å²) in [6.07, 6.45) is 1.98. The number of amides is 1. The first kappa shape index (κ1) is 12.5. The third-order valence-corrected chi connectivity index (χ3v) is 2.04. The van der Waals surface area contributed by atoms with Gasteiger partial charge in [0.2, 0.25) is 0 Å². The van der Waals surface area contributed by atoms with Crippen LogP contribution in [0, 0.1) is 5.41 Å². The molecule has 16 heavy (non-hydrogen) atoms. The quantitative estimate of drug-likeness (QED) is 0.753. The van der Waals surface area contributed by atoms with Crippen molar-refractivity contribution >= 4 is 11.6 Å². The van der Waals surface area contributed by atoms with Crippen LogP contribution in [-0.4, -0.2) is 5.91 Å². The molecule has 0 aromatic heterocycles. The van der Waals surface area contributed by atoms with E-state index in [1.807, 2.05) is 43.3 Å². The number of hydrogen-bond donors (Lipinski definition) is 1. The summed E-state index contributed by atoms with van der Waals surface area (Å²) in [4.78, 5) is 11.8. The summed E-state index contributed by atoms with van der Waals surface area (Å²) in [5.41, 5.74) is 1.60. The molecule has 0 saturated heterocycles. The summed E-state index contributed by atoms with van der Waals surface area (Å²) in [5, 5.41) is 2.86. The highest BCUT2D eigenvalue weighted by Crippen LogP contribution is 2.18. The van der Waals surface area contributed by atoms with E-state index in [1.165, 1.54) is 0 Å². The Morgan fingerprint density at radius 1 is 1.19 bits per heavy atom. The van der Waals surface area contributed by atoms with Crippen LogP contribution in [0.5, 0.6) is 0 Å². The maximum atomic E-state index is 11.8. The fraction of sp³-hybridized carbons (Fsp3) is 0.357. The molecule has 1 rings (SSSR count). The molecule has 0 unspecified atom stereocenters. The summed E-state index contributed by atoms with van der Waals surface area (Å²) in [6.45, 7) is 8.06. The summed E-state index contributed by atoms with van der Waals surface area (Å²) >= 11 is 0. The van der Waals surface area contributed by atoms with Gasteiger partial charge in [-0.2, -0.15) is 0 Å². The summed E-state index contributed by atoms with van der Waals surface area (Å²) in [5.74, 6) is -0.0406. The maximum absolute atomic E-state index is 11.8. The lowest BCUT2D eigenvalue weighted by Gasteiger charge is -2.14. The number of benzene rings is 1. The van der Waals surface area contributed by atoms with E-state index in [0.717, 1.165) is 11.3 Å². The number of carbonyl (C=O) groups excluding carboxylic acids is 1. The van der Waals surface area contributed by atoms with Gasteiger partial charge >= 0.3 is 0 Å². The Morgan fingerprint density at radius 3 is 2.25 bits per heavy atom. The molecule has 0 bridgehead atoms. The van der Waals surface area contributed by atoms with Gasteiger partial charge in [0.05, 0.1) is 0 Å². The predicted molar refractivity (Wildman–Crippen MR) is 68.3 cm³/mol. The Bertz CT molecular complexity index is 385. The smallest absolute Gasteiger partial charge is 0.250 e. The lowest BCUT2D eigenvalue weighted by atomic mass is 9.94. The molecule has 0 fully saturated rings. The first-order valence-corrected chi connectivity index (χ1v) is 5.44. The number of anilines is 1. The van der Waals surface area contributed by atoms with Crippen LogP contribution in [0.1, 0.15) is 27.7 Å². The molecule has 0 aliphatic rings. The van der Waals surface area contributed by atoms with Gasteiger partial charge in [-0.05, 0) is 24.5 Å². The molecule has 1 amide bonds. The van der Waals surface area contributed by atoms with E-state index in [1.54, 1.807) is 0 Å². The molecule has 1 N–H and O–H groups in total. The van der Waals surface area contributed by atoms with Crippen molar-refractivity contribution in [1.82, 2.24) is 0 Å². The first-order chi connectivity index (χ1) is 7.38. The first-order valence-electron chi connectivity index (χ1n) is 5.44. The highest BCUT2D eigenvalue weighted by molar-refractivity contribution is 6.03. The fourth-order valence-electron chi connectivity index (χ4n) is 1.47. The van der Waals surface area contributed by atoms with Crippen molar-refractivity contribution < 1.29 is 4.79 Å². The van der Waals surface area contributed by atoms with Gasteiger partial charge in [0.25, 0.3) is 5.91 Å². The van der Waals surface area contributed by atoms with Crippen molar-refractivity contribution in [2.24, 2.45) is 5.41 Å². The number of carbonyl (C=O) groups is 1. The van der Waals surface area contributed by atoms with Gasteiger partial charge in [-0.3, -0.25) is 4.79 Å². The topological polar surface area (TPSA) is 29.1 Å². The molecule has 86 valence electrons. The van der Waals surface area contributed by atoms with Crippen molar-refractivity contribution in [2.75, 3.05) is 5.32 Å². The molecule has 1 aromatic carbocycles. The Hall–Kier alpha value is -1.57. The van der Waals surface area contributed by atoms with E-state index in [9.17, 15) is 4.79 Å². The van der Waals surface area contributed by atoms with E-state index in [4.69, 9.17) is 0 Å². The molecule has 1 aromatic rings. The SMILES string of the molecule is C/C(=C\C(C)(C)C)C(=O)Nc1ccccc1. The minimum atomic E-state index is -0.0406. The van der Waals surface area contributed by atoms with Gasteiger partial charge < -0.3 is 5.32 Å². The molecule has 2 heteroatoms. The zero-order valence-electron chi connectivity index (χ0n) is 10.4. The Balaban J connectivity index is 2.70. The van der Waals surface area contributed by atoms with Gasteiger partial charge in [0.1, 0.15) is 0 Å². The second-order valence-corrected chi connectivity index (χ2v) is 5.01. The van der Waals surface area contributed by atoms with Crippen LogP contribution in [0.4, 0.5) is 5.69 Å². The Labute approximate surface area is 97.4 Å². The zero-order valence-corrected chi connectivity index (χ0v) is 10.4. The highest BCUT2D eigenvalue weighted by atomic mass is 16.1. The highest BCUT2D eigenvalue weighted by Gasteiger charge is 2.10. The normalized spacial score (nSPS) is 12.4. The number of para-hydroxylation sites is 1. The monoisotopic (exact) mass is 217 g/mol. The molecule has 0 aliphatic heterocycles. The number of hydrogen-bond acceptors (Lipinski definition) is 1. The molecule has 0 aliphatic carbocycles. The van der Waals surface area contributed by atoms with Gasteiger partial charge in [-0.1, -0.05) is 45.0 Å². The molecule has 0 spiro atoms. The number of rotatable bonds is 2. The summed E-state index contributed by atoms with van der Waals surface area (Å²) in [7, 11) is 0. The van der Waals surface area contributed by atoms with E-state index in [2.05, 4.69) is 26.1 Å². The predicted octanol–water partition coefficient (Wildman–Crippen LogP) is 3.62. The lowest BCUT2D eigenvalue weighted by Crippen LogP contribution is -2.14. The van der Waals surface area contributed by atoms with Gasteiger partial charge in [0, 0.05) is 11.3 Å². The van der Waals surface area contributed by atoms with Crippen LogP contribution < -0.4 is 5.32 Å². The van der Waals surface area contributed by atoms with Crippen molar-refractivity contribution in [3.8, 4) is 0 Å². The third kappa shape index (κ3) is 4.30. The standard InChI is InChI=1S/C14H19NO/c1-11(10-14(2,3)4)13(16)15-12-8-6-5-7-9-12/h5-10H,1-4H3,(H,15,16)/b11-10+. The average Bonchev–Trinajstić information content (AvgIpc) is 2.16. The molecular weight excluding hydrogens is 198 g/mol. The molecule has 0 radical (unpaired) electrons. The van der Waals surface area contributed by atoms with Crippen molar-refractivity contribution in [2.45, 2.75) is 27.7 Å².